The topological polar surface area (TPSA) is 54.2 Å². The SMILES string of the molecule is COc1ccc2c(c1OC)CCn1c-2c(C)c(OCc2ccccc2)cc1=NCC1CCCO1. The molecule has 5 rings (SSSR count). The monoisotopic (exact) mass is 460 g/mol. The molecule has 0 saturated carbocycles. The Kier molecular flexibility index (Phi) is 6.59. The molecule has 2 aromatic carbocycles. The molecule has 6 heteroatoms. The van der Waals surface area contributed by atoms with Crippen molar-refractivity contribution in [1.82, 2.24) is 4.57 Å². The van der Waals surface area contributed by atoms with Crippen molar-refractivity contribution in [2.45, 2.75) is 45.4 Å². The third-order valence-corrected chi connectivity index (χ3v) is 6.74. The van der Waals surface area contributed by atoms with E-state index in [9.17, 15) is 0 Å². The minimum Gasteiger partial charge on any atom is -0.493 e. The van der Waals surface area contributed by atoms with Gasteiger partial charge in [-0.3, -0.25) is 4.99 Å². The number of fused-ring (bicyclic) bond motifs is 3. The lowest BCUT2D eigenvalue weighted by Crippen LogP contribution is -2.29. The van der Waals surface area contributed by atoms with Crippen molar-refractivity contribution in [3.8, 4) is 28.5 Å². The van der Waals surface area contributed by atoms with Crippen LogP contribution in [0.5, 0.6) is 17.2 Å². The average molecular weight is 461 g/mol. The normalized spacial score (nSPS) is 17.3. The first-order valence-corrected chi connectivity index (χ1v) is 12.0. The van der Waals surface area contributed by atoms with Crippen LogP contribution < -0.4 is 19.7 Å². The van der Waals surface area contributed by atoms with Crippen LogP contribution in [-0.4, -0.2) is 38.0 Å². The largest absolute Gasteiger partial charge is 0.493 e. The lowest BCUT2D eigenvalue weighted by atomic mass is 9.93. The molecule has 0 bridgehead atoms. The number of benzene rings is 2. The van der Waals surface area contributed by atoms with Gasteiger partial charge >= 0.3 is 0 Å². The van der Waals surface area contributed by atoms with Crippen LogP contribution in [0, 0.1) is 6.92 Å². The summed E-state index contributed by atoms with van der Waals surface area (Å²) in [5.74, 6) is 2.41. The van der Waals surface area contributed by atoms with Gasteiger partial charge in [0.25, 0.3) is 0 Å². The Hall–Kier alpha value is -3.25. The number of nitrogens with zero attached hydrogens (tertiary/aromatic N) is 2. The summed E-state index contributed by atoms with van der Waals surface area (Å²) in [5.41, 5.74) is 6.59. The Balaban J connectivity index is 1.62. The zero-order valence-corrected chi connectivity index (χ0v) is 20.2. The first-order chi connectivity index (χ1) is 16.7. The van der Waals surface area contributed by atoms with E-state index in [0.717, 1.165) is 83.1 Å². The van der Waals surface area contributed by atoms with E-state index in [1.165, 1.54) is 0 Å². The molecule has 0 amide bonds. The number of ether oxygens (including phenoxy) is 4. The van der Waals surface area contributed by atoms with Gasteiger partial charge in [0.2, 0.25) is 0 Å². The molecule has 2 aliphatic rings. The zero-order valence-electron chi connectivity index (χ0n) is 20.2. The fourth-order valence-electron chi connectivity index (χ4n) is 5.00. The van der Waals surface area contributed by atoms with Crippen LogP contribution in [0.1, 0.15) is 29.5 Å². The second-order valence-electron chi connectivity index (χ2n) is 8.82. The lowest BCUT2D eigenvalue weighted by Gasteiger charge is -2.28. The van der Waals surface area contributed by atoms with E-state index in [1.807, 2.05) is 24.3 Å². The van der Waals surface area contributed by atoms with Gasteiger partial charge in [0.15, 0.2) is 11.5 Å². The second kappa shape index (κ2) is 9.94. The van der Waals surface area contributed by atoms with Gasteiger partial charge < -0.3 is 23.5 Å². The predicted molar refractivity (Wildman–Crippen MR) is 132 cm³/mol. The van der Waals surface area contributed by atoms with Crippen LogP contribution in [0.4, 0.5) is 0 Å². The van der Waals surface area contributed by atoms with E-state index in [1.54, 1.807) is 14.2 Å². The van der Waals surface area contributed by atoms with E-state index in [0.29, 0.717) is 13.2 Å². The number of hydrogen-bond donors (Lipinski definition) is 0. The maximum absolute atomic E-state index is 6.36. The van der Waals surface area contributed by atoms with Crippen LogP contribution in [0.15, 0.2) is 53.5 Å². The maximum atomic E-state index is 6.36. The highest BCUT2D eigenvalue weighted by Crippen LogP contribution is 2.42. The molecule has 1 atom stereocenters. The molecule has 1 fully saturated rings. The van der Waals surface area contributed by atoms with Crippen LogP contribution in [-0.2, 0) is 24.3 Å². The van der Waals surface area contributed by atoms with Gasteiger partial charge in [0, 0.05) is 35.9 Å². The first-order valence-electron chi connectivity index (χ1n) is 12.0. The van der Waals surface area contributed by atoms with Crippen LogP contribution in [0.2, 0.25) is 0 Å². The van der Waals surface area contributed by atoms with Gasteiger partial charge in [-0.05, 0) is 43.9 Å². The molecule has 1 aromatic heterocycles. The molecular formula is C28H32N2O4. The highest BCUT2D eigenvalue weighted by molar-refractivity contribution is 5.75. The van der Waals surface area contributed by atoms with Gasteiger partial charge in [0.1, 0.15) is 17.8 Å². The van der Waals surface area contributed by atoms with E-state index in [4.69, 9.17) is 23.9 Å². The Morgan fingerprint density at radius 2 is 1.91 bits per heavy atom. The molecule has 0 aliphatic carbocycles. The zero-order chi connectivity index (χ0) is 23.5. The van der Waals surface area contributed by atoms with Crippen molar-refractivity contribution >= 4 is 0 Å². The molecule has 1 saturated heterocycles. The molecule has 2 aliphatic heterocycles. The van der Waals surface area contributed by atoms with Gasteiger partial charge in [-0.15, -0.1) is 0 Å². The highest BCUT2D eigenvalue weighted by atomic mass is 16.5. The number of aromatic nitrogens is 1. The summed E-state index contributed by atoms with van der Waals surface area (Å²) in [6.07, 6.45) is 3.23. The summed E-state index contributed by atoms with van der Waals surface area (Å²) in [4.78, 5) is 5.01. The Bertz CT molecular complexity index is 1230. The number of rotatable bonds is 7. The number of hydrogen-bond acceptors (Lipinski definition) is 5. The van der Waals surface area contributed by atoms with Crippen molar-refractivity contribution in [3.63, 3.8) is 0 Å². The van der Waals surface area contributed by atoms with E-state index in [-0.39, 0.29) is 6.10 Å². The van der Waals surface area contributed by atoms with E-state index in [2.05, 4.69) is 35.8 Å². The highest BCUT2D eigenvalue weighted by Gasteiger charge is 2.26. The molecular weight excluding hydrogens is 428 g/mol. The lowest BCUT2D eigenvalue weighted by molar-refractivity contribution is 0.117. The van der Waals surface area contributed by atoms with Crippen LogP contribution in [0.3, 0.4) is 0 Å². The van der Waals surface area contributed by atoms with Gasteiger partial charge in [0.05, 0.1) is 32.6 Å². The average Bonchev–Trinajstić information content (AvgIpc) is 3.40. The maximum Gasteiger partial charge on any atom is 0.164 e. The summed E-state index contributed by atoms with van der Waals surface area (Å²) >= 11 is 0. The summed E-state index contributed by atoms with van der Waals surface area (Å²) in [7, 11) is 3.38. The quantitative estimate of drug-likeness (QED) is 0.513. The van der Waals surface area contributed by atoms with Crippen molar-refractivity contribution < 1.29 is 18.9 Å². The summed E-state index contributed by atoms with van der Waals surface area (Å²) in [5, 5.41) is 0. The molecule has 6 nitrogen and oxygen atoms in total. The van der Waals surface area contributed by atoms with Crippen molar-refractivity contribution in [2.24, 2.45) is 4.99 Å². The smallest absolute Gasteiger partial charge is 0.164 e. The van der Waals surface area contributed by atoms with Crippen molar-refractivity contribution in [2.75, 3.05) is 27.4 Å². The molecule has 178 valence electrons. The molecule has 0 radical (unpaired) electrons. The Labute approximate surface area is 200 Å². The van der Waals surface area contributed by atoms with Gasteiger partial charge in [-0.25, -0.2) is 0 Å². The molecule has 1 unspecified atom stereocenters. The molecule has 0 spiro atoms. The predicted octanol–water partition coefficient (Wildman–Crippen LogP) is 4.70. The minimum atomic E-state index is 0.200. The summed E-state index contributed by atoms with van der Waals surface area (Å²) in [6, 6.07) is 16.4. The first kappa shape index (κ1) is 22.5. The molecule has 3 heterocycles. The van der Waals surface area contributed by atoms with E-state index < -0.39 is 0 Å². The molecule has 3 aromatic rings. The third kappa shape index (κ3) is 4.30. The molecule has 34 heavy (non-hydrogen) atoms. The molecule has 0 N–H and O–H groups in total. The Morgan fingerprint density at radius 1 is 1.06 bits per heavy atom. The van der Waals surface area contributed by atoms with Crippen molar-refractivity contribution in [3.05, 3.63) is 70.7 Å². The minimum absolute atomic E-state index is 0.200. The van der Waals surface area contributed by atoms with Crippen LogP contribution in [0.25, 0.3) is 11.3 Å². The third-order valence-electron chi connectivity index (χ3n) is 6.74. The summed E-state index contributed by atoms with van der Waals surface area (Å²) in [6.45, 7) is 4.95. The second-order valence-corrected chi connectivity index (χ2v) is 8.82. The fourth-order valence-corrected chi connectivity index (χ4v) is 5.00. The fraction of sp³-hybridized carbons (Fsp3) is 0.393. The Morgan fingerprint density at radius 3 is 2.65 bits per heavy atom. The van der Waals surface area contributed by atoms with Gasteiger partial charge in [-0.1, -0.05) is 30.3 Å². The van der Waals surface area contributed by atoms with E-state index >= 15 is 0 Å². The number of methoxy groups -OCH3 is 2. The standard InChI is InChI=1S/C28H32N2O4/c1-19-25(34-18-20-8-5-4-6-9-20)16-26(29-17-21-10-7-15-33-21)30-14-13-23-22(27(19)30)11-12-24(31-2)28(23)32-3/h4-6,8-9,11-12,16,21H,7,10,13-15,17-18H2,1-3H3. The summed E-state index contributed by atoms with van der Waals surface area (Å²) < 4.78 is 25.8. The van der Waals surface area contributed by atoms with Crippen LogP contribution >= 0.6 is 0 Å². The van der Waals surface area contributed by atoms with Crippen molar-refractivity contribution in [1.29, 1.82) is 0 Å². The van der Waals surface area contributed by atoms with Gasteiger partial charge in [-0.2, -0.15) is 0 Å². The number of pyridine rings is 1.